The molecule has 0 spiro atoms. The lowest BCUT2D eigenvalue weighted by atomic mass is 10.0. The van der Waals surface area contributed by atoms with Gasteiger partial charge in [0.25, 0.3) is 5.91 Å². The van der Waals surface area contributed by atoms with Crippen molar-refractivity contribution in [2.75, 3.05) is 25.3 Å². The zero-order valence-electron chi connectivity index (χ0n) is 20.0. The van der Waals surface area contributed by atoms with Gasteiger partial charge in [0.2, 0.25) is 0 Å². The lowest BCUT2D eigenvalue weighted by Gasteiger charge is -2.13. The standard InChI is InChI=1S/C30H25NO4S/c1-34-27-11-6-12-28(35-2)29(27)30(33)31-22-8-5-9-23(17-22)36-18-26(32)20-13-14-25-21(16-20)15-19-7-3-4-10-24(19)25/h3-14,16-17H,15,18H2,1-2H3,(H,31,33). The summed E-state index contributed by atoms with van der Waals surface area (Å²) < 4.78 is 10.7. The van der Waals surface area contributed by atoms with E-state index in [1.807, 2.05) is 42.5 Å². The van der Waals surface area contributed by atoms with Crippen LogP contribution in [-0.4, -0.2) is 31.7 Å². The topological polar surface area (TPSA) is 64.6 Å². The molecule has 0 radical (unpaired) electrons. The highest BCUT2D eigenvalue weighted by atomic mass is 32.2. The molecule has 36 heavy (non-hydrogen) atoms. The third-order valence-electron chi connectivity index (χ3n) is 6.23. The summed E-state index contributed by atoms with van der Waals surface area (Å²) >= 11 is 1.45. The zero-order chi connectivity index (χ0) is 25.1. The lowest BCUT2D eigenvalue weighted by Crippen LogP contribution is -2.14. The molecule has 6 heteroatoms. The minimum absolute atomic E-state index is 0.0759. The average Bonchev–Trinajstić information content (AvgIpc) is 3.29. The molecule has 0 saturated heterocycles. The first-order chi connectivity index (χ1) is 17.6. The van der Waals surface area contributed by atoms with Crippen LogP contribution in [0.25, 0.3) is 11.1 Å². The number of hydrogen-bond acceptors (Lipinski definition) is 5. The molecule has 0 bridgehead atoms. The van der Waals surface area contributed by atoms with E-state index in [9.17, 15) is 9.59 Å². The maximum Gasteiger partial charge on any atom is 0.263 e. The van der Waals surface area contributed by atoms with E-state index in [2.05, 4.69) is 29.6 Å². The van der Waals surface area contributed by atoms with Crippen LogP contribution in [-0.2, 0) is 6.42 Å². The van der Waals surface area contributed by atoms with E-state index >= 15 is 0 Å². The predicted octanol–water partition coefficient (Wildman–Crippen LogP) is 6.50. The summed E-state index contributed by atoms with van der Waals surface area (Å²) in [4.78, 5) is 26.8. The van der Waals surface area contributed by atoms with Crippen LogP contribution in [0.3, 0.4) is 0 Å². The largest absolute Gasteiger partial charge is 0.496 e. The third kappa shape index (κ3) is 4.72. The van der Waals surface area contributed by atoms with Crippen LogP contribution in [0.2, 0.25) is 0 Å². The Morgan fingerprint density at radius 3 is 2.31 bits per heavy atom. The molecule has 5 nitrogen and oxygen atoms in total. The second-order valence-electron chi connectivity index (χ2n) is 8.44. The highest BCUT2D eigenvalue weighted by Gasteiger charge is 2.20. The van der Waals surface area contributed by atoms with E-state index in [1.165, 1.54) is 48.2 Å². The van der Waals surface area contributed by atoms with Crippen LogP contribution in [0.15, 0.2) is 89.8 Å². The van der Waals surface area contributed by atoms with E-state index in [-0.39, 0.29) is 11.7 Å². The van der Waals surface area contributed by atoms with Gasteiger partial charge in [-0.25, -0.2) is 0 Å². The Balaban J connectivity index is 1.25. The molecule has 0 unspecified atom stereocenters. The number of anilines is 1. The number of nitrogens with one attached hydrogen (secondary N) is 1. The summed E-state index contributed by atoms with van der Waals surface area (Å²) in [6.45, 7) is 0. The number of rotatable bonds is 8. The van der Waals surface area contributed by atoms with E-state index in [0.29, 0.717) is 28.5 Å². The number of hydrogen-bond donors (Lipinski definition) is 1. The number of carbonyl (C=O) groups excluding carboxylic acids is 2. The van der Waals surface area contributed by atoms with Crippen LogP contribution in [0.1, 0.15) is 31.8 Å². The van der Waals surface area contributed by atoms with Crippen molar-refractivity contribution in [3.05, 3.63) is 107 Å². The normalized spacial score (nSPS) is 11.4. The third-order valence-corrected chi connectivity index (χ3v) is 7.23. The van der Waals surface area contributed by atoms with Crippen molar-refractivity contribution in [1.82, 2.24) is 0 Å². The molecule has 5 rings (SSSR count). The first-order valence-electron chi connectivity index (χ1n) is 11.6. The molecule has 0 atom stereocenters. The number of amides is 1. The Labute approximate surface area is 214 Å². The maximum absolute atomic E-state index is 13.0. The van der Waals surface area contributed by atoms with Gasteiger partial charge < -0.3 is 14.8 Å². The lowest BCUT2D eigenvalue weighted by molar-refractivity contribution is 0.101. The quantitative estimate of drug-likeness (QED) is 0.197. The number of benzene rings is 4. The summed E-state index contributed by atoms with van der Waals surface area (Å²) in [5, 5.41) is 2.91. The average molecular weight is 496 g/mol. The van der Waals surface area contributed by atoms with Gasteiger partial charge in [0.1, 0.15) is 17.1 Å². The zero-order valence-corrected chi connectivity index (χ0v) is 20.9. The van der Waals surface area contributed by atoms with Gasteiger partial charge in [-0.05, 0) is 65.1 Å². The first kappa shape index (κ1) is 23.7. The summed E-state index contributed by atoms with van der Waals surface area (Å²) in [5.41, 5.74) is 6.65. The van der Waals surface area contributed by atoms with Gasteiger partial charge >= 0.3 is 0 Å². The van der Waals surface area contributed by atoms with Crippen LogP contribution in [0.5, 0.6) is 11.5 Å². The van der Waals surface area contributed by atoms with Crippen molar-refractivity contribution in [3.8, 4) is 22.6 Å². The fraction of sp³-hybridized carbons (Fsp3) is 0.133. The molecule has 180 valence electrons. The van der Waals surface area contributed by atoms with Crippen LogP contribution >= 0.6 is 11.8 Å². The molecule has 0 saturated carbocycles. The summed E-state index contributed by atoms with van der Waals surface area (Å²) in [6, 6.07) is 27.0. The van der Waals surface area contributed by atoms with E-state index in [4.69, 9.17) is 9.47 Å². The Morgan fingerprint density at radius 2 is 1.53 bits per heavy atom. The van der Waals surface area contributed by atoms with Crippen molar-refractivity contribution in [2.24, 2.45) is 0 Å². The van der Waals surface area contributed by atoms with Crippen molar-refractivity contribution in [2.45, 2.75) is 11.3 Å². The Kier molecular flexibility index (Phi) is 6.78. The first-order valence-corrected chi connectivity index (χ1v) is 12.6. The summed E-state index contributed by atoms with van der Waals surface area (Å²) in [5.74, 6) is 0.915. The molecule has 4 aromatic rings. The minimum atomic E-state index is -0.332. The number of thioether (sulfide) groups is 1. The number of ether oxygens (including phenoxy) is 2. The molecule has 1 amide bonds. The van der Waals surface area contributed by atoms with Crippen LogP contribution in [0, 0.1) is 0 Å². The molecule has 1 aliphatic carbocycles. The molecule has 0 heterocycles. The van der Waals surface area contributed by atoms with Crippen molar-refractivity contribution < 1.29 is 19.1 Å². The van der Waals surface area contributed by atoms with Crippen molar-refractivity contribution in [3.63, 3.8) is 0 Å². The second-order valence-corrected chi connectivity index (χ2v) is 9.49. The van der Waals surface area contributed by atoms with Gasteiger partial charge in [-0.15, -0.1) is 11.8 Å². The van der Waals surface area contributed by atoms with Crippen molar-refractivity contribution in [1.29, 1.82) is 0 Å². The monoisotopic (exact) mass is 495 g/mol. The smallest absolute Gasteiger partial charge is 0.263 e. The fourth-order valence-electron chi connectivity index (χ4n) is 4.48. The minimum Gasteiger partial charge on any atom is -0.496 e. The van der Waals surface area contributed by atoms with Gasteiger partial charge in [-0.1, -0.05) is 48.5 Å². The molecule has 0 aliphatic heterocycles. The fourth-order valence-corrected chi connectivity index (χ4v) is 5.33. The van der Waals surface area contributed by atoms with E-state index < -0.39 is 0 Å². The number of fused-ring (bicyclic) bond motifs is 3. The highest BCUT2D eigenvalue weighted by Crippen LogP contribution is 2.37. The molecular formula is C30H25NO4S. The van der Waals surface area contributed by atoms with Gasteiger partial charge in [0.15, 0.2) is 5.78 Å². The van der Waals surface area contributed by atoms with E-state index in [1.54, 1.807) is 18.2 Å². The summed E-state index contributed by atoms with van der Waals surface area (Å²) in [7, 11) is 3.03. The van der Waals surface area contributed by atoms with Gasteiger partial charge in [-0.2, -0.15) is 0 Å². The van der Waals surface area contributed by atoms with Gasteiger partial charge in [0, 0.05) is 16.1 Å². The Morgan fingerprint density at radius 1 is 0.806 bits per heavy atom. The van der Waals surface area contributed by atoms with Gasteiger partial charge in [-0.3, -0.25) is 9.59 Å². The predicted molar refractivity (Wildman–Crippen MR) is 144 cm³/mol. The Bertz CT molecular complexity index is 1440. The van der Waals surface area contributed by atoms with Crippen LogP contribution in [0.4, 0.5) is 5.69 Å². The second kappa shape index (κ2) is 10.3. The van der Waals surface area contributed by atoms with E-state index in [0.717, 1.165) is 16.9 Å². The van der Waals surface area contributed by atoms with Crippen molar-refractivity contribution >= 4 is 29.1 Å². The number of Topliss-reactive ketones (excluding diaryl/α,β-unsaturated/α-hetero) is 1. The molecule has 0 aromatic heterocycles. The number of methoxy groups -OCH3 is 2. The van der Waals surface area contributed by atoms with Crippen LogP contribution < -0.4 is 14.8 Å². The Hall–Kier alpha value is -4.03. The molecule has 1 N–H and O–H groups in total. The maximum atomic E-state index is 13.0. The number of carbonyl (C=O) groups is 2. The number of ketones is 1. The molecule has 1 aliphatic rings. The van der Waals surface area contributed by atoms with Gasteiger partial charge in [0.05, 0.1) is 20.0 Å². The molecule has 4 aromatic carbocycles. The SMILES string of the molecule is COc1cccc(OC)c1C(=O)Nc1cccc(SCC(=O)c2ccc3c(c2)Cc2ccccc2-3)c1. The summed E-state index contributed by atoms with van der Waals surface area (Å²) in [6.07, 6.45) is 0.860. The molecular weight excluding hydrogens is 470 g/mol. The highest BCUT2D eigenvalue weighted by molar-refractivity contribution is 8.00. The molecule has 0 fully saturated rings.